The van der Waals surface area contributed by atoms with Crippen LogP contribution in [0.2, 0.25) is 0 Å². The van der Waals surface area contributed by atoms with Gasteiger partial charge in [-0.2, -0.15) is 0 Å². The van der Waals surface area contributed by atoms with Gasteiger partial charge in [0.2, 0.25) is 5.91 Å². The Balaban J connectivity index is 2.78. The van der Waals surface area contributed by atoms with E-state index in [1.807, 2.05) is 13.8 Å². The van der Waals surface area contributed by atoms with Crippen molar-refractivity contribution in [3.05, 3.63) is 29.3 Å². The predicted molar refractivity (Wildman–Crippen MR) is 65.3 cm³/mol. The topological polar surface area (TPSA) is 78.4 Å². The van der Waals surface area contributed by atoms with Crippen molar-refractivity contribution < 1.29 is 14.7 Å². The average molecular weight is 236 g/mol. The summed E-state index contributed by atoms with van der Waals surface area (Å²) >= 11 is 0. The van der Waals surface area contributed by atoms with Gasteiger partial charge in [0.25, 0.3) is 0 Å². The smallest absolute Gasteiger partial charge is 0.337 e. The van der Waals surface area contributed by atoms with Gasteiger partial charge in [-0.15, -0.1) is 0 Å². The van der Waals surface area contributed by atoms with Crippen LogP contribution in [0, 0.1) is 6.92 Å². The lowest BCUT2D eigenvalue weighted by molar-refractivity contribution is -0.119. The number of aromatic carboxylic acids is 1. The maximum Gasteiger partial charge on any atom is 0.337 e. The highest BCUT2D eigenvalue weighted by Crippen LogP contribution is 2.17. The first kappa shape index (κ1) is 13.0. The molecular formula is C12H16N2O3. The molecule has 0 aliphatic rings. The van der Waals surface area contributed by atoms with Crippen molar-refractivity contribution >= 4 is 17.6 Å². The van der Waals surface area contributed by atoms with Crippen LogP contribution < -0.4 is 10.6 Å². The minimum atomic E-state index is -1.01. The van der Waals surface area contributed by atoms with Gasteiger partial charge in [0, 0.05) is 12.2 Å². The fourth-order valence-electron chi connectivity index (χ4n) is 1.43. The van der Waals surface area contributed by atoms with Crippen LogP contribution in [0.4, 0.5) is 5.69 Å². The van der Waals surface area contributed by atoms with E-state index in [4.69, 9.17) is 5.11 Å². The molecule has 0 aliphatic carbocycles. The SMILES string of the molecule is CCNC(=O)CNc1cc(C)ccc1C(=O)O. The van der Waals surface area contributed by atoms with Gasteiger partial charge in [-0.05, 0) is 31.5 Å². The van der Waals surface area contributed by atoms with E-state index in [2.05, 4.69) is 10.6 Å². The van der Waals surface area contributed by atoms with E-state index in [0.29, 0.717) is 12.2 Å². The Labute approximate surface area is 99.8 Å². The molecule has 0 aromatic heterocycles. The lowest BCUT2D eigenvalue weighted by Gasteiger charge is -2.10. The molecule has 0 fully saturated rings. The molecule has 0 bridgehead atoms. The third-order valence-corrected chi connectivity index (χ3v) is 2.22. The first-order chi connectivity index (χ1) is 8.04. The second-order valence-electron chi connectivity index (χ2n) is 3.66. The van der Waals surface area contributed by atoms with Crippen LogP contribution in [0.15, 0.2) is 18.2 Å². The number of hydrogen-bond acceptors (Lipinski definition) is 3. The number of aryl methyl sites for hydroxylation is 1. The van der Waals surface area contributed by atoms with Gasteiger partial charge in [0.15, 0.2) is 0 Å². The summed E-state index contributed by atoms with van der Waals surface area (Å²) in [6, 6.07) is 4.96. The number of amides is 1. The molecule has 0 spiro atoms. The number of rotatable bonds is 5. The van der Waals surface area contributed by atoms with Crippen LogP contribution in [0.1, 0.15) is 22.8 Å². The van der Waals surface area contributed by atoms with E-state index in [9.17, 15) is 9.59 Å². The molecule has 1 aromatic carbocycles. The number of benzene rings is 1. The van der Waals surface area contributed by atoms with E-state index < -0.39 is 5.97 Å². The normalized spacial score (nSPS) is 9.76. The fraction of sp³-hybridized carbons (Fsp3) is 0.333. The van der Waals surface area contributed by atoms with Crippen LogP contribution in [0.25, 0.3) is 0 Å². The zero-order valence-electron chi connectivity index (χ0n) is 9.91. The number of carboxylic acids is 1. The second kappa shape index (κ2) is 5.89. The molecule has 0 saturated carbocycles. The molecular weight excluding hydrogens is 220 g/mol. The quantitative estimate of drug-likeness (QED) is 0.718. The lowest BCUT2D eigenvalue weighted by atomic mass is 10.1. The summed E-state index contributed by atoms with van der Waals surface area (Å²) in [6.07, 6.45) is 0. The van der Waals surface area contributed by atoms with E-state index in [0.717, 1.165) is 5.56 Å². The van der Waals surface area contributed by atoms with Crippen LogP contribution in [-0.2, 0) is 4.79 Å². The Hall–Kier alpha value is -2.04. The predicted octanol–water partition coefficient (Wildman–Crippen LogP) is 1.24. The molecule has 0 atom stereocenters. The average Bonchev–Trinajstić information content (AvgIpc) is 2.26. The number of carbonyl (C=O) groups is 2. The van der Waals surface area contributed by atoms with Crippen molar-refractivity contribution in [3.8, 4) is 0 Å². The number of nitrogens with one attached hydrogen (secondary N) is 2. The molecule has 1 amide bonds. The van der Waals surface area contributed by atoms with Gasteiger partial charge in [-0.3, -0.25) is 4.79 Å². The number of hydrogen-bond donors (Lipinski definition) is 3. The molecule has 3 N–H and O–H groups in total. The summed E-state index contributed by atoms with van der Waals surface area (Å²) in [7, 11) is 0. The lowest BCUT2D eigenvalue weighted by Crippen LogP contribution is -2.29. The molecule has 0 aliphatic heterocycles. The summed E-state index contributed by atoms with van der Waals surface area (Å²) in [6.45, 7) is 4.31. The van der Waals surface area contributed by atoms with Gasteiger partial charge in [0.05, 0.1) is 12.1 Å². The first-order valence-corrected chi connectivity index (χ1v) is 5.39. The third kappa shape index (κ3) is 3.79. The highest BCUT2D eigenvalue weighted by Gasteiger charge is 2.10. The third-order valence-electron chi connectivity index (χ3n) is 2.22. The maximum atomic E-state index is 11.3. The van der Waals surface area contributed by atoms with Crippen molar-refractivity contribution in [2.75, 3.05) is 18.4 Å². The maximum absolute atomic E-state index is 11.3. The summed E-state index contributed by atoms with van der Waals surface area (Å²) in [5, 5.41) is 14.4. The molecule has 5 nitrogen and oxygen atoms in total. The largest absolute Gasteiger partial charge is 0.478 e. The molecule has 17 heavy (non-hydrogen) atoms. The molecule has 1 aromatic rings. The van der Waals surface area contributed by atoms with Crippen molar-refractivity contribution in [3.63, 3.8) is 0 Å². The van der Waals surface area contributed by atoms with Crippen molar-refractivity contribution in [1.82, 2.24) is 5.32 Å². The van der Waals surface area contributed by atoms with Gasteiger partial charge in [0.1, 0.15) is 0 Å². The summed E-state index contributed by atoms with van der Waals surface area (Å²) < 4.78 is 0. The van der Waals surface area contributed by atoms with E-state index >= 15 is 0 Å². The second-order valence-corrected chi connectivity index (χ2v) is 3.66. The Morgan fingerprint density at radius 3 is 2.65 bits per heavy atom. The minimum Gasteiger partial charge on any atom is -0.478 e. The Morgan fingerprint density at radius 2 is 2.06 bits per heavy atom. The zero-order chi connectivity index (χ0) is 12.8. The van der Waals surface area contributed by atoms with Gasteiger partial charge < -0.3 is 15.7 Å². The van der Waals surface area contributed by atoms with Crippen molar-refractivity contribution in [2.45, 2.75) is 13.8 Å². The monoisotopic (exact) mass is 236 g/mol. The molecule has 0 saturated heterocycles. The molecule has 0 radical (unpaired) electrons. The van der Waals surface area contributed by atoms with Gasteiger partial charge in [-0.25, -0.2) is 4.79 Å². The van der Waals surface area contributed by atoms with Crippen molar-refractivity contribution in [1.29, 1.82) is 0 Å². The highest BCUT2D eigenvalue weighted by atomic mass is 16.4. The van der Waals surface area contributed by atoms with E-state index in [-0.39, 0.29) is 18.0 Å². The fourth-order valence-corrected chi connectivity index (χ4v) is 1.43. The summed E-state index contributed by atoms with van der Waals surface area (Å²) in [4.78, 5) is 22.2. The van der Waals surface area contributed by atoms with Gasteiger partial charge in [-0.1, -0.05) is 6.07 Å². The molecule has 0 heterocycles. The number of carboxylic acid groups (broad SMARTS) is 1. The number of carbonyl (C=O) groups excluding carboxylic acids is 1. The van der Waals surface area contributed by atoms with Crippen LogP contribution in [0.5, 0.6) is 0 Å². The number of likely N-dealkylation sites (N-methyl/N-ethyl adjacent to an activating group) is 1. The number of anilines is 1. The van der Waals surface area contributed by atoms with Crippen LogP contribution >= 0.6 is 0 Å². The Kier molecular flexibility index (Phi) is 4.51. The molecule has 1 rings (SSSR count). The van der Waals surface area contributed by atoms with Crippen LogP contribution in [0.3, 0.4) is 0 Å². The van der Waals surface area contributed by atoms with Crippen molar-refractivity contribution in [2.24, 2.45) is 0 Å². The first-order valence-electron chi connectivity index (χ1n) is 5.39. The molecule has 0 unspecified atom stereocenters. The summed E-state index contributed by atoms with van der Waals surface area (Å²) in [5.41, 5.74) is 1.57. The van der Waals surface area contributed by atoms with Gasteiger partial charge >= 0.3 is 5.97 Å². The van der Waals surface area contributed by atoms with Crippen LogP contribution in [-0.4, -0.2) is 30.1 Å². The Bertz CT molecular complexity index is 430. The molecule has 92 valence electrons. The molecule has 5 heteroatoms. The zero-order valence-corrected chi connectivity index (χ0v) is 9.91. The van der Waals surface area contributed by atoms with E-state index in [1.165, 1.54) is 6.07 Å². The highest BCUT2D eigenvalue weighted by molar-refractivity contribution is 5.95. The summed E-state index contributed by atoms with van der Waals surface area (Å²) in [5.74, 6) is -1.17. The van der Waals surface area contributed by atoms with E-state index in [1.54, 1.807) is 12.1 Å². The minimum absolute atomic E-state index is 0.0670. The Morgan fingerprint density at radius 1 is 1.35 bits per heavy atom. The standard InChI is InChI=1S/C12H16N2O3/c1-3-13-11(15)7-14-10-6-8(2)4-5-9(10)12(16)17/h4-6,14H,3,7H2,1-2H3,(H,13,15)(H,16,17).